The minimum absolute atomic E-state index is 0.155. The molecule has 0 fully saturated rings. The van der Waals surface area contributed by atoms with E-state index in [0.717, 1.165) is 11.4 Å². The molecule has 0 radical (unpaired) electrons. The molecule has 0 aliphatic rings. The number of halogens is 3. The maximum atomic E-state index is 13.6. The molecule has 0 aliphatic carbocycles. The monoisotopic (exact) mass is 480 g/mol. The summed E-state index contributed by atoms with van der Waals surface area (Å²) in [6.45, 7) is 6.57. The second kappa shape index (κ2) is 11.3. The van der Waals surface area contributed by atoms with E-state index in [4.69, 9.17) is 0 Å². The first kappa shape index (κ1) is 26.3. The molecular formula is C23H28F3N4O2P. The molecule has 6 nitrogen and oxygen atoms in total. The van der Waals surface area contributed by atoms with Crippen molar-refractivity contribution in [1.82, 2.24) is 10.3 Å². The van der Waals surface area contributed by atoms with Gasteiger partial charge in [0.05, 0.1) is 5.57 Å². The molecule has 0 saturated heterocycles. The molecule has 33 heavy (non-hydrogen) atoms. The van der Waals surface area contributed by atoms with Crippen LogP contribution >= 0.6 is 7.14 Å². The smallest absolute Gasteiger partial charge is 0.364 e. The highest BCUT2D eigenvalue weighted by molar-refractivity contribution is 7.71. The summed E-state index contributed by atoms with van der Waals surface area (Å²) in [5.41, 5.74) is -0.300. The van der Waals surface area contributed by atoms with E-state index in [2.05, 4.69) is 20.6 Å². The highest BCUT2D eigenvalue weighted by Crippen LogP contribution is 2.43. The molecule has 1 unspecified atom stereocenters. The van der Waals surface area contributed by atoms with E-state index >= 15 is 0 Å². The molecular weight excluding hydrogens is 452 g/mol. The second-order valence-electron chi connectivity index (χ2n) is 7.26. The Balaban J connectivity index is 2.29. The van der Waals surface area contributed by atoms with Crippen LogP contribution in [0.2, 0.25) is 0 Å². The number of allylic oxidation sites excluding steroid dienone is 1. The van der Waals surface area contributed by atoms with Gasteiger partial charge in [0, 0.05) is 41.3 Å². The van der Waals surface area contributed by atoms with Crippen molar-refractivity contribution in [1.29, 1.82) is 0 Å². The summed E-state index contributed by atoms with van der Waals surface area (Å²) in [4.78, 5) is 20.4. The van der Waals surface area contributed by atoms with E-state index < -0.39 is 36.8 Å². The topological polar surface area (TPSA) is 83.5 Å². The van der Waals surface area contributed by atoms with Crippen LogP contribution in [0.15, 0.2) is 65.4 Å². The maximum Gasteiger partial charge on any atom is 0.419 e. The number of pyridine rings is 1. The Morgan fingerprint density at radius 2 is 1.70 bits per heavy atom. The van der Waals surface area contributed by atoms with E-state index in [1.54, 1.807) is 31.2 Å². The molecule has 2 N–H and O–H groups in total. The Labute approximate surface area is 191 Å². The van der Waals surface area contributed by atoms with Crippen molar-refractivity contribution in [3.05, 3.63) is 66.0 Å². The number of hydrogen-bond acceptors (Lipinski definition) is 5. The zero-order valence-corrected chi connectivity index (χ0v) is 19.9. The lowest BCUT2D eigenvalue weighted by Gasteiger charge is -2.19. The average Bonchev–Trinajstić information content (AvgIpc) is 2.79. The molecule has 2 aromatic rings. The van der Waals surface area contributed by atoms with Crippen LogP contribution < -0.4 is 15.9 Å². The van der Waals surface area contributed by atoms with Gasteiger partial charge in [-0.25, -0.2) is 4.99 Å². The fraction of sp³-hybridized carbons (Fsp3) is 0.348. The molecule has 1 aromatic carbocycles. The van der Waals surface area contributed by atoms with Gasteiger partial charge in [-0.2, -0.15) is 13.2 Å². The standard InChI is InChI=1S/C23H28F3N4O2P/c1-5-20(23(24,25)26)21(30-22(31)17-12-14-27-15-13-17)29-16(4)28-18-8-10-19(11-9-18)33(32,6-2)7-3/h5,8-16,28H,6-7H2,1-4H3,(H,29,30,31)/b20-5+. The van der Waals surface area contributed by atoms with Crippen molar-refractivity contribution in [2.24, 2.45) is 4.99 Å². The molecule has 2 rings (SSSR count). The fourth-order valence-corrected chi connectivity index (χ4v) is 5.04. The maximum absolute atomic E-state index is 13.6. The van der Waals surface area contributed by atoms with Crippen LogP contribution in [0.25, 0.3) is 0 Å². The average molecular weight is 480 g/mol. The number of nitrogens with one attached hydrogen (secondary N) is 2. The minimum Gasteiger partial charge on any atom is -0.364 e. The van der Waals surface area contributed by atoms with Crippen LogP contribution in [0, 0.1) is 0 Å². The van der Waals surface area contributed by atoms with Crippen LogP contribution in [-0.2, 0) is 4.57 Å². The summed E-state index contributed by atoms with van der Waals surface area (Å²) in [5, 5.41) is 6.02. The van der Waals surface area contributed by atoms with E-state index in [9.17, 15) is 22.5 Å². The summed E-state index contributed by atoms with van der Waals surface area (Å²) in [6, 6.07) is 9.73. The molecule has 0 saturated carbocycles. The largest absolute Gasteiger partial charge is 0.419 e. The number of hydrogen-bond donors (Lipinski definition) is 2. The van der Waals surface area contributed by atoms with Gasteiger partial charge in [-0.05, 0) is 50.2 Å². The first-order valence-corrected chi connectivity index (χ1v) is 12.6. The summed E-state index contributed by atoms with van der Waals surface area (Å²) < 4.78 is 53.6. The predicted molar refractivity (Wildman–Crippen MR) is 127 cm³/mol. The van der Waals surface area contributed by atoms with Crippen molar-refractivity contribution in [2.75, 3.05) is 17.6 Å². The number of amides is 1. The number of alkyl halides is 3. The lowest BCUT2D eigenvalue weighted by molar-refractivity contribution is -0.0864. The number of aromatic nitrogens is 1. The van der Waals surface area contributed by atoms with E-state index in [0.29, 0.717) is 18.0 Å². The molecule has 1 atom stereocenters. The number of carbonyl (C=O) groups is 1. The van der Waals surface area contributed by atoms with Gasteiger partial charge in [-0.15, -0.1) is 0 Å². The number of aliphatic imine (C=N–C) groups is 1. The Bertz CT molecular complexity index is 1040. The Morgan fingerprint density at radius 1 is 1.12 bits per heavy atom. The summed E-state index contributed by atoms with van der Waals surface area (Å²) in [5.74, 6) is -1.32. The van der Waals surface area contributed by atoms with Crippen LogP contribution in [-0.4, -0.2) is 41.4 Å². The van der Waals surface area contributed by atoms with Crippen molar-refractivity contribution < 1.29 is 22.5 Å². The Morgan fingerprint density at radius 3 is 2.18 bits per heavy atom. The fourth-order valence-electron chi connectivity index (χ4n) is 3.17. The molecule has 0 spiro atoms. The number of amidine groups is 1. The van der Waals surface area contributed by atoms with Gasteiger partial charge in [-0.3, -0.25) is 9.78 Å². The number of benzene rings is 1. The van der Waals surface area contributed by atoms with Crippen LogP contribution in [0.5, 0.6) is 0 Å². The number of nitrogens with zero attached hydrogens (tertiary/aromatic N) is 2. The third kappa shape index (κ3) is 7.02. The van der Waals surface area contributed by atoms with Gasteiger partial charge >= 0.3 is 6.18 Å². The highest BCUT2D eigenvalue weighted by Gasteiger charge is 2.37. The van der Waals surface area contributed by atoms with Crippen molar-refractivity contribution in [2.45, 2.75) is 40.0 Å². The van der Waals surface area contributed by atoms with Crippen molar-refractivity contribution >= 4 is 29.9 Å². The predicted octanol–water partition coefficient (Wildman–Crippen LogP) is 5.20. The third-order valence-electron chi connectivity index (χ3n) is 5.08. The summed E-state index contributed by atoms with van der Waals surface area (Å²) >= 11 is 0. The quantitative estimate of drug-likeness (QED) is 0.309. The van der Waals surface area contributed by atoms with Crippen molar-refractivity contribution in [3.63, 3.8) is 0 Å². The molecule has 10 heteroatoms. The molecule has 0 aliphatic heterocycles. The van der Waals surface area contributed by atoms with Gasteiger partial charge in [0.15, 0.2) is 0 Å². The highest BCUT2D eigenvalue weighted by atomic mass is 31.2. The van der Waals surface area contributed by atoms with Gasteiger partial charge in [0.25, 0.3) is 5.91 Å². The molecule has 1 aromatic heterocycles. The summed E-state index contributed by atoms with van der Waals surface area (Å²) in [7, 11) is -2.43. The van der Waals surface area contributed by atoms with E-state index in [1.807, 2.05) is 13.8 Å². The van der Waals surface area contributed by atoms with E-state index in [-0.39, 0.29) is 5.56 Å². The minimum atomic E-state index is -4.71. The SMILES string of the molecule is C/C=C(\C(=N/C(C)Nc1ccc(P(=O)(CC)CC)cc1)NC(=O)c1ccncc1)C(F)(F)F. The van der Waals surface area contributed by atoms with Crippen LogP contribution in [0.1, 0.15) is 38.1 Å². The normalized spacial score (nSPS) is 14.0. The molecule has 1 amide bonds. The van der Waals surface area contributed by atoms with Gasteiger partial charge < -0.3 is 15.2 Å². The first-order valence-electron chi connectivity index (χ1n) is 10.5. The number of anilines is 1. The third-order valence-corrected chi connectivity index (χ3v) is 8.36. The molecule has 1 heterocycles. The second-order valence-corrected chi connectivity index (χ2v) is 10.8. The lowest BCUT2D eigenvalue weighted by Crippen LogP contribution is -2.37. The first-order chi connectivity index (χ1) is 15.5. The molecule has 0 bridgehead atoms. The molecule has 178 valence electrons. The van der Waals surface area contributed by atoms with Crippen LogP contribution in [0.4, 0.5) is 18.9 Å². The summed E-state index contributed by atoms with van der Waals surface area (Å²) in [6.07, 6.45) is -0.791. The van der Waals surface area contributed by atoms with Gasteiger partial charge in [0.1, 0.15) is 19.1 Å². The van der Waals surface area contributed by atoms with E-state index in [1.165, 1.54) is 31.5 Å². The lowest BCUT2D eigenvalue weighted by atomic mass is 10.2. The van der Waals surface area contributed by atoms with Gasteiger partial charge in [-0.1, -0.05) is 19.9 Å². The Kier molecular flexibility index (Phi) is 8.99. The van der Waals surface area contributed by atoms with Crippen molar-refractivity contribution in [3.8, 4) is 0 Å². The van der Waals surface area contributed by atoms with Crippen LogP contribution in [0.3, 0.4) is 0 Å². The number of rotatable bonds is 8. The zero-order chi connectivity index (χ0) is 24.6. The van der Waals surface area contributed by atoms with Gasteiger partial charge in [0.2, 0.25) is 0 Å². The Hall–Kier alpha value is -2.93. The zero-order valence-electron chi connectivity index (χ0n) is 19.0. The number of carbonyl (C=O) groups excluding carboxylic acids is 1.